The summed E-state index contributed by atoms with van der Waals surface area (Å²) in [6, 6.07) is 11.0. The number of hydrogen-bond acceptors (Lipinski definition) is 4. The largest absolute Gasteiger partial charge is 0.489 e. The van der Waals surface area contributed by atoms with Gasteiger partial charge in [-0.05, 0) is 49.4 Å². The maximum Gasteiger partial charge on any atom is 0.303 e. The molecule has 0 aliphatic carbocycles. The number of piperidine rings is 1. The smallest absolute Gasteiger partial charge is 0.303 e. The highest BCUT2D eigenvalue weighted by molar-refractivity contribution is 5.94. The van der Waals surface area contributed by atoms with Crippen molar-refractivity contribution in [3.63, 3.8) is 0 Å². The molecular weight excluding hydrogens is 344 g/mol. The Labute approximate surface area is 158 Å². The van der Waals surface area contributed by atoms with E-state index < -0.39 is 5.97 Å². The van der Waals surface area contributed by atoms with Crippen LogP contribution in [0.2, 0.25) is 0 Å². The number of pyridine rings is 1. The molecule has 1 aliphatic heterocycles. The topological polar surface area (TPSA) is 79.7 Å². The summed E-state index contributed by atoms with van der Waals surface area (Å²) in [4.78, 5) is 29.5. The summed E-state index contributed by atoms with van der Waals surface area (Å²) in [7, 11) is 0. The minimum atomic E-state index is -0.781. The van der Waals surface area contributed by atoms with Crippen LogP contribution in [0.5, 0.6) is 5.75 Å². The molecule has 2 aromatic rings. The van der Waals surface area contributed by atoms with Crippen LogP contribution >= 0.6 is 0 Å². The van der Waals surface area contributed by atoms with Crippen LogP contribution < -0.4 is 4.74 Å². The summed E-state index contributed by atoms with van der Waals surface area (Å²) in [5.41, 5.74) is 1.56. The van der Waals surface area contributed by atoms with Crippen molar-refractivity contribution < 1.29 is 19.4 Å². The SMILES string of the molecule is O=C(O)CC[C@@H]1CCCN(C(=O)c2cccc(OCc3cccnc3)c2)C1. The monoisotopic (exact) mass is 368 g/mol. The van der Waals surface area contributed by atoms with Crippen LogP contribution in [0, 0.1) is 5.92 Å². The molecule has 27 heavy (non-hydrogen) atoms. The van der Waals surface area contributed by atoms with Gasteiger partial charge < -0.3 is 14.7 Å². The lowest BCUT2D eigenvalue weighted by atomic mass is 9.93. The average Bonchev–Trinajstić information content (AvgIpc) is 2.71. The van der Waals surface area contributed by atoms with Crippen molar-refractivity contribution in [1.29, 1.82) is 0 Å². The highest BCUT2D eigenvalue weighted by Gasteiger charge is 2.25. The standard InChI is InChI=1S/C21H24N2O4/c24-20(25)9-8-16-5-3-11-23(14-16)21(26)18-6-1-7-19(12-18)27-15-17-4-2-10-22-13-17/h1-2,4,6-7,10,12-13,16H,3,5,8-9,11,14-15H2,(H,24,25)/t16-/m0/s1. The molecule has 1 atom stereocenters. The highest BCUT2D eigenvalue weighted by atomic mass is 16.5. The van der Waals surface area contributed by atoms with Crippen molar-refractivity contribution in [3.8, 4) is 5.75 Å². The van der Waals surface area contributed by atoms with E-state index in [1.807, 2.05) is 29.2 Å². The van der Waals surface area contributed by atoms with E-state index in [9.17, 15) is 9.59 Å². The second-order valence-electron chi connectivity index (χ2n) is 6.87. The van der Waals surface area contributed by atoms with Crippen molar-refractivity contribution in [2.45, 2.75) is 32.3 Å². The molecule has 1 aliphatic rings. The molecule has 0 bridgehead atoms. The number of amides is 1. The van der Waals surface area contributed by atoms with E-state index in [4.69, 9.17) is 9.84 Å². The fraction of sp³-hybridized carbons (Fsp3) is 0.381. The van der Waals surface area contributed by atoms with Gasteiger partial charge in [-0.25, -0.2) is 0 Å². The molecule has 1 aromatic carbocycles. The van der Waals surface area contributed by atoms with Gasteiger partial charge in [0.15, 0.2) is 0 Å². The molecule has 1 aromatic heterocycles. The highest BCUT2D eigenvalue weighted by Crippen LogP contribution is 2.23. The van der Waals surface area contributed by atoms with Gasteiger partial charge >= 0.3 is 5.97 Å². The lowest BCUT2D eigenvalue weighted by molar-refractivity contribution is -0.137. The van der Waals surface area contributed by atoms with E-state index >= 15 is 0 Å². The maximum atomic E-state index is 12.9. The van der Waals surface area contributed by atoms with Crippen LogP contribution in [-0.2, 0) is 11.4 Å². The summed E-state index contributed by atoms with van der Waals surface area (Å²) in [6.07, 6.45) is 6.13. The van der Waals surface area contributed by atoms with Crippen molar-refractivity contribution in [2.75, 3.05) is 13.1 Å². The number of aliphatic carboxylic acids is 1. The van der Waals surface area contributed by atoms with Gasteiger partial charge in [0.2, 0.25) is 0 Å². The normalized spacial score (nSPS) is 16.7. The van der Waals surface area contributed by atoms with Crippen LogP contribution in [0.3, 0.4) is 0 Å². The number of nitrogens with zero attached hydrogens (tertiary/aromatic N) is 2. The number of carboxylic acid groups (broad SMARTS) is 1. The van der Waals surface area contributed by atoms with Crippen molar-refractivity contribution in [2.24, 2.45) is 5.92 Å². The van der Waals surface area contributed by atoms with Crippen LogP contribution in [0.15, 0.2) is 48.8 Å². The summed E-state index contributed by atoms with van der Waals surface area (Å²) in [6.45, 7) is 1.72. The molecule has 1 N–H and O–H groups in total. The van der Waals surface area contributed by atoms with E-state index in [0.29, 0.717) is 37.4 Å². The first-order valence-corrected chi connectivity index (χ1v) is 9.24. The average molecular weight is 368 g/mol. The van der Waals surface area contributed by atoms with Crippen molar-refractivity contribution in [3.05, 3.63) is 59.9 Å². The van der Waals surface area contributed by atoms with Crippen LogP contribution in [0.4, 0.5) is 0 Å². The summed E-state index contributed by atoms with van der Waals surface area (Å²) in [5.74, 6) is 0.0896. The Hall–Kier alpha value is -2.89. The third-order valence-corrected chi connectivity index (χ3v) is 4.78. The van der Waals surface area contributed by atoms with E-state index in [-0.39, 0.29) is 18.2 Å². The second-order valence-corrected chi connectivity index (χ2v) is 6.87. The molecule has 0 saturated carbocycles. The fourth-order valence-electron chi connectivity index (χ4n) is 3.36. The molecular formula is C21H24N2O4. The third kappa shape index (κ3) is 5.54. The molecule has 0 radical (unpaired) electrons. The van der Waals surface area contributed by atoms with Gasteiger partial charge in [0, 0.05) is 43.0 Å². The zero-order valence-electron chi connectivity index (χ0n) is 15.2. The van der Waals surface area contributed by atoms with Gasteiger partial charge in [-0.15, -0.1) is 0 Å². The summed E-state index contributed by atoms with van der Waals surface area (Å²) in [5, 5.41) is 8.86. The van der Waals surface area contributed by atoms with Crippen LogP contribution in [0.25, 0.3) is 0 Å². The summed E-state index contributed by atoms with van der Waals surface area (Å²) >= 11 is 0. The number of carbonyl (C=O) groups excluding carboxylic acids is 1. The lowest BCUT2D eigenvalue weighted by Gasteiger charge is -2.32. The maximum absolute atomic E-state index is 12.9. The second kappa shape index (κ2) is 9.16. The van der Waals surface area contributed by atoms with Crippen LogP contribution in [-0.4, -0.2) is 40.0 Å². The predicted molar refractivity (Wildman–Crippen MR) is 101 cm³/mol. The number of rotatable bonds is 7. The number of carbonyl (C=O) groups is 2. The molecule has 1 saturated heterocycles. The Morgan fingerprint density at radius 1 is 1.26 bits per heavy atom. The molecule has 0 unspecified atom stereocenters. The first-order chi connectivity index (χ1) is 13.1. The van der Waals surface area contributed by atoms with Gasteiger partial charge in [0.1, 0.15) is 12.4 Å². The Kier molecular flexibility index (Phi) is 6.41. The molecule has 2 heterocycles. The van der Waals surface area contributed by atoms with E-state index in [1.165, 1.54) is 0 Å². The Morgan fingerprint density at radius 2 is 2.15 bits per heavy atom. The van der Waals surface area contributed by atoms with Gasteiger partial charge in [-0.2, -0.15) is 0 Å². The molecule has 6 nitrogen and oxygen atoms in total. The molecule has 1 fully saturated rings. The van der Waals surface area contributed by atoms with Crippen molar-refractivity contribution >= 4 is 11.9 Å². The minimum absolute atomic E-state index is 0.0261. The van der Waals surface area contributed by atoms with Crippen LogP contribution in [0.1, 0.15) is 41.6 Å². The predicted octanol–water partition coefficient (Wildman–Crippen LogP) is 3.38. The van der Waals surface area contributed by atoms with E-state index in [2.05, 4.69) is 4.98 Å². The molecule has 3 rings (SSSR count). The third-order valence-electron chi connectivity index (χ3n) is 4.78. The number of hydrogen-bond donors (Lipinski definition) is 1. The Bertz CT molecular complexity index is 779. The van der Waals surface area contributed by atoms with Gasteiger partial charge in [0.25, 0.3) is 5.91 Å². The van der Waals surface area contributed by atoms with E-state index in [1.54, 1.807) is 24.5 Å². The van der Waals surface area contributed by atoms with Gasteiger partial charge in [0.05, 0.1) is 0 Å². The zero-order chi connectivity index (χ0) is 19.1. The quantitative estimate of drug-likeness (QED) is 0.810. The van der Waals surface area contributed by atoms with Gasteiger partial charge in [-0.1, -0.05) is 12.1 Å². The lowest BCUT2D eigenvalue weighted by Crippen LogP contribution is -2.40. The first-order valence-electron chi connectivity index (χ1n) is 9.24. The number of ether oxygens (including phenoxy) is 1. The number of carboxylic acids is 1. The fourth-order valence-corrected chi connectivity index (χ4v) is 3.36. The molecule has 142 valence electrons. The minimum Gasteiger partial charge on any atom is -0.489 e. The molecule has 0 spiro atoms. The number of benzene rings is 1. The number of aromatic nitrogens is 1. The summed E-state index contributed by atoms with van der Waals surface area (Å²) < 4.78 is 5.78. The number of likely N-dealkylation sites (tertiary alicyclic amines) is 1. The Balaban J connectivity index is 1.60. The Morgan fingerprint density at radius 3 is 2.93 bits per heavy atom. The van der Waals surface area contributed by atoms with E-state index in [0.717, 1.165) is 18.4 Å². The first kappa shape index (κ1) is 18.9. The molecule has 1 amide bonds. The zero-order valence-corrected chi connectivity index (χ0v) is 15.2. The molecule has 6 heteroatoms. The van der Waals surface area contributed by atoms with Gasteiger partial charge in [-0.3, -0.25) is 14.6 Å². The van der Waals surface area contributed by atoms with Crippen molar-refractivity contribution in [1.82, 2.24) is 9.88 Å².